The third-order valence-corrected chi connectivity index (χ3v) is 5.10. The second-order valence-electron chi connectivity index (χ2n) is 8.69. The Hall–Kier alpha value is -2.60. The molecule has 6 nitrogen and oxygen atoms in total. The Bertz CT molecular complexity index is 787. The van der Waals surface area contributed by atoms with Gasteiger partial charge in [0.2, 0.25) is 0 Å². The van der Waals surface area contributed by atoms with Crippen LogP contribution in [0.2, 0.25) is 0 Å². The number of aromatic nitrogens is 1. The van der Waals surface area contributed by atoms with Crippen molar-refractivity contribution in [3.63, 3.8) is 0 Å². The lowest BCUT2D eigenvalue weighted by Crippen LogP contribution is -2.42. The van der Waals surface area contributed by atoms with Gasteiger partial charge in [0.15, 0.2) is 0 Å². The molecule has 0 radical (unpaired) electrons. The van der Waals surface area contributed by atoms with Crippen LogP contribution in [-0.4, -0.2) is 36.8 Å². The molecular weight excluding hydrogens is 364 g/mol. The Balaban J connectivity index is 1.55. The van der Waals surface area contributed by atoms with E-state index in [1.165, 1.54) is 0 Å². The average molecular weight is 397 g/mol. The first-order chi connectivity index (χ1) is 13.8. The largest absolute Gasteiger partial charge is 0.375 e. The van der Waals surface area contributed by atoms with E-state index in [1.807, 2.05) is 48.7 Å². The summed E-state index contributed by atoms with van der Waals surface area (Å²) in [6.45, 7) is 11.3. The van der Waals surface area contributed by atoms with E-state index in [1.54, 1.807) is 0 Å². The van der Waals surface area contributed by atoms with Crippen LogP contribution in [0.4, 0.5) is 10.6 Å². The van der Waals surface area contributed by atoms with E-state index in [2.05, 4.69) is 48.2 Å². The van der Waals surface area contributed by atoms with Gasteiger partial charge in [-0.3, -0.25) is 0 Å². The number of pyridine rings is 1. The third-order valence-electron chi connectivity index (χ3n) is 5.10. The van der Waals surface area contributed by atoms with Crippen LogP contribution in [0.25, 0.3) is 0 Å². The van der Waals surface area contributed by atoms with Gasteiger partial charge < -0.3 is 20.3 Å². The van der Waals surface area contributed by atoms with E-state index in [0.717, 1.165) is 36.6 Å². The summed E-state index contributed by atoms with van der Waals surface area (Å²) < 4.78 is 5.58. The van der Waals surface area contributed by atoms with E-state index in [0.29, 0.717) is 6.54 Å². The van der Waals surface area contributed by atoms with Gasteiger partial charge in [0.25, 0.3) is 0 Å². The van der Waals surface area contributed by atoms with Gasteiger partial charge in [0, 0.05) is 25.8 Å². The van der Waals surface area contributed by atoms with Crippen molar-refractivity contribution in [3.8, 4) is 0 Å². The fourth-order valence-corrected chi connectivity index (χ4v) is 3.54. The molecule has 2 N–H and O–H groups in total. The van der Waals surface area contributed by atoms with Gasteiger partial charge in [-0.1, -0.05) is 57.2 Å². The highest BCUT2D eigenvalue weighted by molar-refractivity contribution is 5.74. The first kappa shape index (κ1) is 21.1. The summed E-state index contributed by atoms with van der Waals surface area (Å²) in [5, 5.41) is 6.07. The Morgan fingerprint density at radius 3 is 2.62 bits per heavy atom. The molecule has 0 spiro atoms. The molecule has 2 heterocycles. The van der Waals surface area contributed by atoms with Crippen LogP contribution in [-0.2, 0) is 11.3 Å². The summed E-state index contributed by atoms with van der Waals surface area (Å²) in [6.07, 6.45) is 2.05. The first-order valence-electron chi connectivity index (χ1n) is 10.2. The van der Waals surface area contributed by atoms with Crippen molar-refractivity contribution < 1.29 is 9.53 Å². The number of hydrogen-bond acceptors (Lipinski definition) is 4. The molecule has 0 bridgehead atoms. The lowest BCUT2D eigenvalue weighted by molar-refractivity contribution is 0.0529. The minimum absolute atomic E-state index is 0.0764. The van der Waals surface area contributed by atoms with Crippen molar-refractivity contribution >= 4 is 11.8 Å². The molecule has 2 unspecified atom stereocenters. The smallest absolute Gasteiger partial charge is 0.315 e. The van der Waals surface area contributed by atoms with E-state index >= 15 is 0 Å². The molecule has 1 aromatic carbocycles. The number of benzene rings is 1. The van der Waals surface area contributed by atoms with Gasteiger partial charge in [0.1, 0.15) is 5.82 Å². The molecule has 0 aliphatic carbocycles. The normalized spacial score (nSPS) is 18.2. The lowest BCUT2D eigenvalue weighted by Gasteiger charge is -2.32. The Labute approximate surface area is 173 Å². The van der Waals surface area contributed by atoms with Crippen molar-refractivity contribution in [3.05, 3.63) is 59.8 Å². The lowest BCUT2D eigenvalue weighted by atomic mass is 9.82. The molecule has 2 aromatic rings. The van der Waals surface area contributed by atoms with E-state index < -0.39 is 0 Å². The Kier molecular flexibility index (Phi) is 6.75. The number of ether oxygens (including phenoxy) is 1. The fraction of sp³-hybridized carbons (Fsp3) is 0.478. The van der Waals surface area contributed by atoms with Crippen molar-refractivity contribution in [2.45, 2.75) is 46.4 Å². The SMILES string of the molecule is CC1CN(c2ccc(CNC(=O)NC(c3ccccc3)C(C)(C)C)cn2)CCO1. The molecule has 1 aromatic heterocycles. The number of anilines is 1. The molecule has 2 amide bonds. The number of morpholine rings is 1. The van der Waals surface area contributed by atoms with Crippen molar-refractivity contribution in [1.29, 1.82) is 0 Å². The minimum Gasteiger partial charge on any atom is -0.375 e. The number of nitrogens with zero attached hydrogens (tertiary/aromatic N) is 2. The van der Waals surface area contributed by atoms with Crippen LogP contribution in [0.15, 0.2) is 48.7 Å². The Morgan fingerprint density at radius 2 is 2.00 bits per heavy atom. The highest BCUT2D eigenvalue weighted by Gasteiger charge is 2.27. The van der Waals surface area contributed by atoms with Gasteiger partial charge in [-0.05, 0) is 29.5 Å². The van der Waals surface area contributed by atoms with E-state index in [-0.39, 0.29) is 23.6 Å². The predicted octanol–water partition coefficient (Wildman–Crippen LogP) is 3.89. The van der Waals surface area contributed by atoms with Gasteiger partial charge in [-0.15, -0.1) is 0 Å². The zero-order valence-corrected chi connectivity index (χ0v) is 17.8. The van der Waals surface area contributed by atoms with Crippen molar-refractivity contribution in [1.82, 2.24) is 15.6 Å². The average Bonchev–Trinajstić information content (AvgIpc) is 2.71. The maximum atomic E-state index is 12.5. The number of carbonyl (C=O) groups is 1. The molecule has 1 fully saturated rings. The number of rotatable bonds is 5. The van der Waals surface area contributed by atoms with Crippen LogP contribution in [0, 0.1) is 5.41 Å². The fourth-order valence-electron chi connectivity index (χ4n) is 3.54. The number of nitrogens with one attached hydrogen (secondary N) is 2. The molecule has 1 aliphatic heterocycles. The molecule has 6 heteroatoms. The third kappa shape index (κ3) is 5.94. The summed E-state index contributed by atoms with van der Waals surface area (Å²) in [7, 11) is 0. The quantitative estimate of drug-likeness (QED) is 0.805. The van der Waals surface area contributed by atoms with Crippen molar-refractivity contribution in [2.24, 2.45) is 5.41 Å². The monoisotopic (exact) mass is 396 g/mol. The second kappa shape index (κ2) is 9.27. The van der Waals surface area contributed by atoms with Crippen LogP contribution < -0.4 is 15.5 Å². The molecule has 3 rings (SSSR count). The van der Waals surface area contributed by atoms with E-state index in [4.69, 9.17) is 4.74 Å². The maximum absolute atomic E-state index is 12.5. The van der Waals surface area contributed by atoms with Crippen LogP contribution >= 0.6 is 0 Å². The zero-order chi connectivity index (χ0) is 20.9. The summed E-state index contributed by atoms with van der Waals surface area (Å²) in [5.74, 6) is 0.949. The molecule has 1 saturated heterocycles. The highest BCUT2D eigenvalue weighted by Crippen LogP contribution is 2.32. The standard InChI is InChI=1S/C23H32N4O2/c1-17-16-27(12-13-29-17)20-11-10-18(14-24-20)15-25-22(28)26-21(23(2,3)4)19-8-6-5-7-9-19/h5-11,14,17,21H,12-13,15-16H2,1-4H3,(H2,25,26,28). The van der Waals surface area contributed by atoms with Crippen LogP contribution in [0.3, 0.4) is 0 Å². The molecule has 156 valence electrons. The van der Waals surface area contributed by atoms with Crippen LogP contribution in [0.5, 0.6) is 0 Å². The molecular formula is C23H32N4O2. The predicted molar refractivity (Wildman–Crippen MR) is 116 cm³/mol. The summed E-state index contributed by atoms with van der Waals surface area (Å²) >= 11 is 0. The number of carbonyl (C=O) groups excluding carboxylic acids is 1. The molecule has 1 aliphatic rings. The van der Waals surface area contributed by atoms with Gasteiger partial charge >= 0.3 is 6.03 Å². The zero-order valence-electron chi connectivity index (χ0n) is 17.8. The van der Waals surface area contributed by atoms with Crippen molar-refractivity contribution in [2.75, 3.05) is 24.6 Å². The number of urea groups is 1. The Morgan fingerprint density at radius 1 is 1.24 bits per heavy atom. The molecule has 29 heavy (non-hydrogen) atoms. The topological polar surface area (TPSA) is 66.5 Å². The number of hydrogen-bond donors (Lipinski definition) is 2. The minimum atomic E-state index is -0.181. The van der Waals surface area contributed by atoms with Crippen LogP contribution in [0.1, 0.15) is 44.9 Å². The summed E-state index contributed by atoms with van der Waals surface area (Å²) in [6, 6.07) is 13.8. The summed E-state index contributed by atoms with van der Waals surface area (Å²) in [4.78, 5) is 19.3. The first-order valence-corrected chi connectivity index (χ1v) is 10.2. The maximum Gasteiger partial charge on any atom is 0.315 e. The van der Waals surface area contributed by atoms with Gasteiger partial charge in [-0.25, -0.2) is 9.78 Å². The van der Waals surface area contributed by atoms with Gasteiger partial charge in [-0.2, -0.15) is 0 Å². The number of amides is 2. The van der Waals surface area contributed by atoms with E-state index in [9.17, 15) is 4.79 Å². The second-order valence-corrected chi connectivity index (χ2v) is 8.69. The van der Waals surface area contributed by atoms with Gasteiger partial charge in [0.05, 0.1) is 18.8 Å². The highest BCUT2D eigenvalue weighted by atomic mass is 16.5. The molecule has 2 atom stereocenters. The summed E-state index contributed by atoms with van der Waals surface area (Å²) in [5.41, 5.74) is 1.97. The molecule has 0 saturated carbocycles.